The van der Waals surface area contributed by atoms with Crippen LogP contribution in [0.3, 0.4) is 0 Å². The molecule has 0 aromatic heterocycles. The average molecular weight is 286 g/mol. The van der Waals surface area contributed by atoms with Gasteiger partial charge in [0.25, 0.3) is 0 Å². The van der Waals surface area contributed by atoms with Crippen molar-refractivity contribution in [3.8, 4) is 0 Å². The number of aliphatic hydroxyl groups is 1. The zero-order valence-electron chi connectivity index (χ0n) is 12.3. The first kappa shape index (κ1) is 16.9. The molecule has 0 bridgehead atoms. The van der Waals surface area contributed by atoms with Crippen LogP contribution in [0.5, 0.6) is 0 Å². The normalized spacial score (nSPS) is 18.1. The van der Waals surface area contributed by atoms with Crippen molar-refractivity contribution in [2.24, 2.45) is 11.7 Å². The highest BCUT2D eigenvalue weighted by Gasteiger charge is 2.22. The number of rotatable bonds is 6. The monoisotopic (exact) mass is 286 g/mol. The molecule has 0 aliphatic carbocycles. The Morgan fingerprint density at radius 2 is 1.85 bits per heavy atom. The minimum atomic E-state index is -0.579. The first-order chi connectivity index (χ1) is 9.45. The first-order valence-corrected chi connectivity index (χ1v) is 7.10. The molecule has 1 heterocycles. The van der Waals surface area contributed by atoms with E-state index in [0.717, 1.165) is 13.1 Å². The molecule has 1 rings (SSSR count). The molecular weight excluding hydrogens is 260 g/mol. The van der Waals surface area contributed by atoms with E-state index in [1.165, 1.54) is 0 Å². The van der Waals surface area contributed by atoms with Crippen LogP contribution in [0.15, 0.2) is 0 Å². The van der Waals surface area contributed by atoms with Crippen LogP contribution in [0.4, 0.5) is 0 Å². The number of hydrogen-bond acceptors (Lipinski definition) is 5. The molecule has 1 saturated heterocycles. The van der Waals surface area contributed by atoms with Gasteiger partial charge in [-0.25, -0.2) is 0 Å². The SMILES string of the molecule is CC(C)[C@H](N)C(=O)NCC(=O)N1CCN(CCO)CC1. The number of carbonyl (C=O) groups is 2. The number of amides is 2. The van der Waals surface area contributed by atoms with Crippen molar-refractivity contribution < 1.29 is 14.7 Å². The highest BCUT2D eigenvalue weighted by molar-refractivity contribution is 5.87. The average Bonchev–Trinajstić information content (AvgIpc) is 2.44. The van der Waals surface area contributed by atoms with E-state index < -0.39 is 6.04 Å². The highest BCUT2D eigenvalue weighted by Crippen LogP contribution is 2.02. The number of β-amino-alcohol motifs (C(OH)–C–C–N with tert-alkyl or cyclic N) is 1. The Balaban J connectivity index is 2.29. The number of hydrogen-bond donors (Lipinski definition) is 3. The number of carbonyl (C=O) groups excluding carboxylic acids is 2. The standard InChI is InChI=1S/C13H26N4O3/c1-10(2)12(14)13(20)15-9-11(19)17-5-3-16(4-6-17)7-8-18/h10,12,18H,3-9,14H2,1-2H3,(H,15,20)/t12-/m0/s1. The number of nitrogens with two attached hydrogens (primary N) is 1. The van der Waals surface area contributed by atoms with Crippen LogP contribution >= 0.6 is 0 Å². The number of aliphatic hydroxyl groups excluding tert-OH is 1. The van der Waals surface area contributed by atoms with Crippen molar-refractivity contribution in [1.29, 1.82) is 0 Å². The van der Waals surface area contributed by atoms with Gasteiger partial charge in [0.15, 0.2) is 0 Å². The van der Waals surface area contributed by atoms with E-state index in [1.54, 1.807) is 4.90 Å². The Hall–Kier alpha value is -1.18. The van der Waals surface area contributed by atoms with E-state index in [9.17, 15) is 9.59 Å². The van der Waals surface area contributed by atoms with Gasteiger partial charge >= 0.3 is 0 Å². The molecule has 1 fully saturated rings. The van der Waals surface area contributed by atoms with E-state index in [1.807, 2.05) is 13.8 Å². The van der Waals surface area contributed by atoms with Gasteiger partial charge in [-0.15, -0.1) is 0 Å². The fraction of sp³-hybridized carbons (Fsp3) is 0.846. The van der Waals surface area contributed by atoms with E-state index >= 15 is 0 Å². The van der Waals surface area contributed by atoms with Crippen molar-refractivity contribution in [2.75, 3.05) is 45.9 Å². The second kappa shape index (κ2) is 8.18. The summed E-state index contributed by atoms with van der Waals surface area (Å²) in [5.74, 6) is -0.322. The molecule has 0 radical (unpaired) electrons. The van der Waals surface area contributed by atoms with Gasteiger partial charge in [0.1, 0.15) is 0 Å². The predicted molar refractivity (Wildman–Crippen MR) is 75.9 cm³/mol. The fourth-order valence-electron chi connectivity index (χ4n) is 2.06. The molecule has 0 spiro atoms. The van der Waals surface area contributed by atoms with Gasteiger partial charge < -0.3 is 21.1 Å². The van der Waals surface area contributed by atoms with Crippen LogP contribution in [0.1, 0.15) is 13.8 Å². The Morgan fingerprint density at radius 3 is 2.35 bits per heavy atom. The topological polar surface area (TPSA) is 98.9 Å². The number of nitrogens with zero attached hydrogens (tertiary/aromatic N) is 2. The van der Waals surface area contributed by atoms with Gasteiger partial charge in [-0.1, -0.05) is 13.8 Å². The van der Waals surface area contributed by atoms with Crippen LogP contribution in [0.2, 0.25) is 0 Å². The number of nitrogens with one attached hydrogen (secondary N) is 1. The predicted octanol–water partition coefficient (Wildman–Crippen LogP) is -1.78. The van der Waals surface area contributed by atoms with Crippen molar-refractivity contribution in [1.82, 2.24) is 15.1 Å². The molecule has 20 heavy (non-hydrogen) atoms. The van der Waals surface area contributed by atoms with Crippen molar-refractivity contribution >= 4 is 11.8 Å². The molecule has 0 aromatic rings. The van der Waals surface area contributed by atoms with Crippen molar-refractivity contribution in [3.63, 3.8) is 0 Å². The molecule has 7 nitrogen and oxygen atoms in total. The summed E-state index contributed by atoms with van der Waals surface area (Å²) in [7, 11) is 0. The minimum absolute atomic E-state index is 0.000741. The van der Waals surface area contributed by atoms with Crippen LogP contribution in [0.25, 0.3) is 0 Å². The smallest absolute Gasteiger partial charge is 0.242 e. The summed E-state index contributed by atoms with van der Waals surface area (Å²) >= 11 is 0. The zero-order valence-corrected chi connectivity index (χ0v) is 12.3. The van der Waals surface area contributed by atoms with Gasteiger partial charge in [-0.2, -0.15) is 0 Å². The summed E-state index contributed by atoms with van der Waals surface area (Å²) in [6.45, 7) is 7.28. The third-order valence-electron chi connectivity index (χ3n) is 3.58. The third-order valence-corrected chi connectivity index (χ3v) is 3.58. The zero-order chi connectivity index (χ0) is 15.1. The lowest BCUT2D eigenvalue weighted by Gasteiger charge is -2.34. The fourth-order valence-corrected chi connectivity index (χ4v) is 2.06. The molecule has 0 aromatic carbocycles. The first-order valence-electron chi connectivity index (χ1n) is 7.10. The van der Waals surface area contributed by atoms with E-state index in [2.05, 4.69) is 10.2 Å². The molecule has 1 atom stereocenters. The van der Waals surface area contributed by atoms with Crippen LogP contribution in [0, 0.1) is 5.92 Å². The lowest BCUT2D eigenvalue weighted by Crippen LogP contribution is -2.53. The van der Waals surface area contributed by atoms with E-state index in [0.29, 0.717) is 19.6 Å². The molecule has 0 saturated carbocycles. The highest BCUT2D eigenvalue weighted by atomic mass is 16.3. The van der Waals surface area contributed by atoms with Crippen LogP contribution in [-0.2, 0) is 9.59 Å². The lowest BCUT2D eigenvalue weighted by molar-refractivity contribution is -0.134. The maximum absolute atomic E-state index is 12.0. The Morgan fingerprint density at radius 1 is 1.25 bits per heavy atom. The van der Waals surface area contributed by atoms with Gasteiger partial charge in [-0.05, 0) is 5.92 Å². The van der Waals surface area contributed by atoms with Crippen LogP contribution in [-0.4, -0.2) is 78.6 Å². The maximum Gasteiger partial charge on any atom is 0.242 e. The molecule has 0 unspecified atom stereocenters. The summed E-state index contributed by atoms with van der Waals surface area (Å²) < 4.78 is 0. The largest absolute Gasteiger partial charge is 0.395 e. The molecule has 1 aliphatic rings. The quantitative estimate of drug-likeness (QED) is 0.536. The second-order valence-electron chi connectivity index (χ2n) is 5.43. The molecule has 2 amide bonds. The summed E-state index contributed by atoms with van der Waals surface area (Å²) in [6, 6.07) is -0.579. The maximum atomic E-state index is 12.0. The molecule has 116 valence electrons. The second-order valence-corrected chi connectivity index (χ2v) is 5.43. The van der Waals surface area contributed by atoms with Gasteiger partial charge in [-0.3, -0.25) is 14.5 Å². The molecule has 4 N–H and O–H groups in total. The summed E-state index contributed by atoms with van der Waals surface area (Å²) in [4.78, 5) is 27.5. The van der Waals surface area contributed by atoms with Gasteiger partial charge in [0, 0.05) is 32.7 Å². The number of piperazine rings is 1. The molecule has 7 heteroatoms. The Kier molecular flexibility index (Phi) is 6.90. The van der Waals surface area contributed by atoms with E-state index in [4.69, 9.17) is 10.8 Å². The molecular formula is C13H26N4O3. The minimum Gasteiger partial charge on any atom is -0.395 e. The van der Waals surface area contributed by atoms with E-state index in [-0.39, 0.29) is 30.9 Å². The summed E-state index contributed by atoms with van der Waals surface area (Å²) in [6.07, 6.45) is 0. The van der Waals surface area contributed by atoms with Crippen molar-refractivity contribution in [3.05, 3.63) is 0 Å². The summed E-state index contributed by atoms with van der Waals surface area (Å²) in [5.41, 5.74) is 5.71. The Labute approximate surface area is 120 Å². The van der Waals surface area contributed by atoms with Crippen LogP contribution < -0.4 is 11.1 Å². The lowest BCUT2D eigenvalue weighted by atomic mass is 10.1. The van der Waals surface area contributed by atoms with Gasteiger partial charge in [0.2, 0.25) is 11.8 Å². The third kappa shape index (κ3) is 5.07. The molecule has 1 aliphatic heterocycles. The van der Waals surface area contributed by atoms with Crippen molar-refractivity contribution in [2.45, 2.75) is 19.9 Å². The Bertz CT molecular complexity index is 328. The van der Waals surface area contributed by atoms with Gasteiger partial charge in [0.05, 0.1) is 19.2 Å². The summed E-state index contributed by atoms with van der Waals surface area (Å²) in [5, 5.41) is 11.4.